The Bertz CT molecular complexity index is 403. The quantitative estimate of drug-likeness (QED) is 0.639. The fourth-order valence-corrected chi connectivity index (χ4v) is 1.41. The lowest BCUT2D eigenvalue weighted by molar-refractivity contribution is 1.23. The number of nitrogens with zero attached hydrogens (tertiary/aromatic N) is 1. The molecule has 1 aliphatic heterocycles. The van der Waals surface area contributed by atoms with Crippen molar-refractivity contribution in [3.8, 4) is 0 Å². The van der Waals surface area contributed by atoms with Gasteiger partial charge in [-0.2, -0.15) is 0 Å². The van der Waals surface area contributed by atoms with Gasteiger partial charge in [0, 0.05) is 11.3 Å². The highest BCUT2D eigenvalue weighted by atomic mass is 15.0. The summed E-state index contributed by atoms with van der Waals surface area (Å²) in [5, 5.41) is 3.00. The fourth-order valence-electron chi connectivity index (χ4n) is 1.41. The minimum Gasteiger partial charge on any atom is -0.346 e. The lowest BCUT2D eigenvalue weighted by Crippen LogP contribution is -2.12. The summed E-state index contributed by atoms with van der Waals surface area (Å²) < 4.78 is 0. The van der Waals surface area contributed by atoms with Crippen LogP contribution in [0.5, 0.6) is 0 Å². The van der Waals surface area contributed by atoms with Gasteiger partial charge in [0.25, 0.3) is 0 Å². The summed E-state index contributed by atoms with van der Waals surface area (Å²) in [6, 6.07) is 4.21. The highest BCUT2D eigenvalue weighted by Gasteiger charge is 2.09. The van der Waals surface area contributed by atoms with Crippen molar-refractivity contribution in [2.45, 2.75) is 13.8 Å². The third kappa shape index (κ3) is 1.24. The molecule has 2 heteroatoms. The van der Waals surface area contributed by atoms with E-state index in [2.05, 4.69) is 42.9 Å². The van der Waals surface area contributed by atoms with Crippen molar-refractivity contribution in [1.29, 1.82) is 0 Å². The lowest BCUT2D eigenvalue weighted by Gasteiger charge is -2.15. The van der Waals surface area contributed by atoms with Gasteiger partial charge in [-0.15, -0.1) is 0 Å². The maximum absolute atomic E-state index is 4.25. The van der Waals surface area contributed by atoms with E-state index in [0.717, 1.165) is 16.9 Å². The molecule has 0 radical (unpaired) electrons. The smallest absolute Gasteiger partial charge is 0.0930 e. The predicted molar refractivity (Wildman–Crippen MR) is 56.2 cm³/mol. The zero-order chi connectivity index (χ0) is 9.42. The second-order valence-corrected chi connectivity index (χ2v) is 3.33. The maximum Gasteiger partial charge on any atom is 0.0930 e. The molecule has 0 unspecified atom stereocenters. The molecular weight excluding hydrogens is 160 g/mol. The van der Waals surface area contributed by atoms with E-state index in [1.807, 2.05) is 0 Å². The standard InChI is InChI=1S/C11H12N2/c1-7-4-10-9(3)12-6-13-11(10)5-8(7)2/h4-6H,3H2,1-2H3,(H,12,13). The number of aryl methyl sites for hydroxylation is 2. The molecular formula is C11H12N2. The molecule has 0 aromatic heterocycles. The molecule has 1 N–H and O–H groups in total. The molecule has 0 aliphatic carbocycles. The van der Waals surface area contributed by atoms with E-state index in [4.69, 9.17) is 0 Å². The molecule has 0 amide bonds. The van der Waals surface area contributed by atoms with Crippen LogP contribution in [-0.2, 0) is 0 Å². The van der Waals surface area contributed by atoms with E-state index < -0.39 is 0 Å². The Balaban J connectivity index is 2.67. The molecule has 0 bridgehead atoms. The van der Waals surface area contributed by atoms with Crippen LogP contribution in [0.25, 0.3) is 5.70 Å². The zero-order valence-electron chi connectivity index (χ0n) is 7.89. The van der Waals surface area contributed by atoms with Gasteiger partial charge in [0.15, 0.2) is 0 Å². The number of fused-ring (bicyclic) bond motifs is 1. The monoisotopic (exact) mass is 172 g/mol. The Hall–Kier alpha value is -1.57. The molecule has 13 heavy (non-hydrogen) atoms. The van der Waals surface area contributed by atoms with E-state index in [1.165, 1.54) is 11.1 Å². The van der Waals surface area contributed by atoms with Crippen LogP contribution in [0.4, 0.5) is 5.69 Å². The fraction of sp³-hybridized carbons (Fsp3) is 0.182. The average Bonchev–Trinajstić information content (AvgIpc) is 2.09. The summed E-state index contributed by atoms with van der Waals surface area (Å²) in [6.45, 7) is 8.12. The van der Waals surface area contributed by atoms with Gasteiger partial charge >= 0.3 is 0 Å². The van der Waals surface area contributed by atoms with Gasteiger partial charge in [-0.25, -0.2) is 4.99 Å². The summed E-state index contributed by atoms with van der Waals surface area (Å²) >= 11 is 0. The first-order valence-corrected chi connectivity index (χ1v) is 4.28. The number of benzene rings is 1. The highest BCUT2D eigenvalue weighted by molar-refractivity contribution is 5.86. The molecule has 1 heterocycles. The molecule has 2 rings (SSSR count). The molecule has 66 valence electrons. The maximum atomic E-state index is 4.25. The number of rotatable bonds is 0. The third-order valence-corrected chi connectivity index (χ3v) is 2.38. The van der Waals surface area contributed by atoms with Gasteiger partial charge in [-0.05, 0) is 37.1 Å². The third-order valence-electron chi connectivity index (χ3n) is 2.38. The van der Waals surface area contributed by atoms with Crippen LogP contribution in [0.1, 0.15) is 16.7 Å². The largest absolute Gasteiger partial charge is 0.346 e. The second-order valence-electron chi connectivity index (χ2n) is 3.33. The Labute approximate surface area is 78.0 Å². The van der Waals surface area contributed by atoms with Gasteiger partial charge < -0.3 is 5.32 Å². The van der Waals surface area contributed by atoms with Crippen LogP contribution in [0.15, 0.2) is 23.7 Å². The van der Waals surface area contributed by atoms with E-state index >= 15 is 0 Å². The van der Waals surface area contributed by atoms with Crippen LogP contribution < -0.4 is 5.32 Å². The van der Waals surface area contributed by atoms with Crippen molar-refractivity contribution in [3.63, 3.8) is 0 Å². The first kappa shape index (κ1) is 8.05. The summed E-state index contributed by atoms with van der Waals surface area (Å²) in [4.78, 5) is 4.25. The van der Waals surface area contributed by atoms with Crippen LogP contribution in [0, 0.1) is 13.8 Å². The van der Waals surface area contributed by atoms with E-state index in [1.54, 1.807) is 6.34 Å². The topological polar surface area (TPSA) is 24.4 Å². The molecule has 1 aromatic rings. The van der Waals surface area contributed by atoms with Crippen LogP contribution >= 0.6 is 0 Å². The van der Waals surface area contributed by atoms with Gasteiger partial charge in [-0.1, -0.05) is 6.58 Å². The Kier molecular flexibility index (Phi) is 1.69. The molecule has 0 fully saturated rings. The van der Waals surface area contributed by atoms with Crippen molar-refractivity contribution in [3.05, 3.63) is 35.4 Å². The van der Waals surface area contributed by atoms with Crippen LogP contribution in [0.3, 0.4) is 0 Å². The Morgan fingerprint density at radius 1 is 1.23 bits per heavy atom. The average molecular weight is 172 g/mol. The first-order chi connectivity index (χ1) is 6.18. The second kappa shape index (κ2) is 2.73. The molecule has 1 aromatic carbocycles. The number of hydrogen-bond donors (Lipinski definition) is 1. The Morgan fingerprint density at radius 2 is 1.92 bits per heavy atom. The summed E-state index contributed by atoms with van der Waals surface area (Å²) in [5.74, 6) is 0. The van der Waals surface area contributed by atoms with Crippen molar-refractivity contribution in [2.75, 3.05) is 0 Å². The summed E-state index contributed by atoms with van der Waals surface area (Å²) in [7, 11) is 0. The molecule has 0 saturated heterocycles. The minimum atomic E-state index is 0.924. The van der Waals surface area contributed by atoms with Crippen molar-refractivity contribution in [1.82, 2.24) is 5.32 Å². The minimum absolute atomic E-state index is 0.924. The van der Waals surface area contributed by atoms with E-state index in [9.17, 15) is 0 Å². The Morgan fingerprint density at radius 3 is 2.69 bits per heavy atom. The number of nitrogens with one attached hydrogen (secondary N) is 1. The lowest BCUT2D eigenvalue weighted by atomic mass is 10.0. The van der Waals surface area contributed by atoms with Crippen LogP contribution in [-0.4, -0.2) is 6.34 Å². The van der Waals surface area contributed by atoms with Crippen molar-refractivity contribution < 1.29 is 0 Å². The van der Waals surface area contributed by atoms with Crippen molar-refractivity contribution >= 4 is 17.7 Å². The predicted octanol–water partition coefficient (Wildman–Crippen LogP) is 2.54. The molecule has 0 spiro atoms. The molecule has 0 atom stereocenters. The zero-order valence-corrected chi connectivity index (χ0v) is 7.89. The highest BCUT2D eigenvalue weighted by Crippen LogP contribution is 2.29. The van der Waals surface area contributed by atoms with Gasteiger partial charge in [0.2, 0.25) is 0 Å². The van der Waals surface area contributed by atoms with Gasteiger partial charge in [-0.3, -0.25) is 0 Å². The van der Waals surface area contributed by atoms with Gasteiger partial charge in [0.05, 0.1) is 12.0 Å². The summed E-state index contributed by atoms with van der Waals surface area (Å²) in [5.41, 5.74) is 5.58. The summed E-state index contributed by atoms with van der Waals surface area (Å²) in [6.07, 6.45) is 1.68. The number of hydrogen-bond acceptors (Lipinski definition) is 2. The number of aliphatic imine (C=N–C) groups is 1. The van der Waals surface area contributed by atoms with Crippen LogP contribution in [0.2, 0.25) is 0 Å². The molecule has 0 saturated carbocycles. The van der Waals surface area contributed by atoms with E-state index in [0.29, 0.717) is 0 Å². The first-order valence-electron chi connectivity index (χ1n) is 4.28. The molecule has 1 aliphatic rings. The van der Waals surface area contributed by atoms with Crippen molar-refractivity contribution in [2.24, 2.45) is 4.99 Å². The normalized spacial score (nSPS) is 13.8. The SMILES string of the molecule is C=C1NC=Nc2cc(C)c(C)cc21. The van der Waals surface area contributed by atoms with Gasteiger partial charge in [0.1, 0.15) is 0 Å². The molecule has 2 nitrogen and oxygen atoms in total. The van der Waals surface area contributed by atoms with E-state index in [-0.39, 0.29) is 0 Å².